The minimum atomic E-state index is -0.407. The van der Waals surface area contributed by atoms with Gasteiger partial charge in [-0.05, 0) is 61.2 Å². The fourth-order valence-corrected chi connectivity index (χ4v) is 3.16. The van der Waals surface area contributed by atoms with E-state index in [-0.39, 0.29) is 17.8 Å². The lowest BCUT2D eigenvalue weighted by molar-refractivity contribution is -0.134. The topological polar surface area (TPSA) is 73.3 Å². The van der Waals surface area contributed by atoms with Crippen LogP contribution in [0.3, 0.4) is 0 Å². The molecular formula is C22H19ClFN3O3. The van der Waals surface area contributed by atoms with Crippen molar-refractivity contribution in [1.29, 1.82) is 0 Å². The van der Waals surface area contributed by atoms with Gasteiger partial charge in [0.15, 0.2) is 5.75 Å². The van der Waals surface area contributed by atoms with Gasteiger partial charge in [-0.2, -0.15) is 5.48 Å². The highest BCUT2D eigenvalue weighted by Gasteiger charge is 2.26. The van der Waals surface area contributed by atoms with Crippen LogP contribution in [0.4, 0.5) is 4.39 Å². The number of rotatable bonds is 6. The highest BCUT2D eigenvalue weighted by atomic mass is 35.5. The van der Waals surface area contributed by atoms with Crippen molar-refractivity contribution in [3.63, 3.8) is 0 Å². The van der Waals surface area contributed by atoms with E-state index in [9.17, 15) is 9.18 Å². The Labute approximate surface area is 178 Å². The van der Waals surface area contributed by atoms with Crippen molar-refractivity contribution in [2.75, 3.05) is 0 Å². The summed E-state index contributed by atoms with van der Waals surface area (Å²) < 4.78 is 19.6. The lowest BCUT2D eigenvalue weighted by atomic mass is 9.85. The number of hydrogen-bond donors (Lipinski definition) is 1. The van der Waals surface area contributed by atoms with E-state index in [1.54, 1.807) is 12.1 Å². The van der Waals surface area contributed by atoms with Crippen molar-refractivity contribution < 1.29 is 18.8 Å². The van der Waals surface area contributed by atoms with Gasteiger partial charge in [0.25, 0.3) is 5.91 Å². The number of aromatic nitrogens is 2. The number of benzene rings is 2. The first kappa shape index (κ1) is 20.1. The monoisotopic (exact) mass is 427 g/mol. The van der Waals surface area contributed by atoms with Gasteiger partial charge in [0.2, 0.25) is 0 Å². The first-order chi connectivity index (χ1) is 14.5. The molecule has 1 amide bonds. The van der Waals surface area contributed by atoms with Crippen molar-refractivity contribution in [1.82, 2.24) is 15.4 Å². The summed E-state index contributed by atoms with van der Waals surface area (Å²) in [5.41, 5.74) is 4.50. The van der Waals surface area contributed by atoms with E-state index >= 15 is 0 Å². The molecule has 0 spiro atoms. The maximum atomic E-state index is 13.9. The maximum Gasteiger partial charge on any atom is 0.321 e. The first-order valence-corrected chi connectivity index (χ1v) is 9.90. The number of nitrogens with zero attached hydrogens (tertiary/aromatic N) is 2. The number of amides is 1. The number of carbonyl (C=O) groups is 1. The second-order valence-electron chi connectivity index (χ2n) is 7.10. The van der Waals surface area contributed by atoms with Crippen LogP contribution in [0.15, 0.2) is 48.8 Å². The van der Waals surface area contributed by atoms with Crippen LogP contribution in [-0.4, -0.2) is 15.9 Å². The fraction of sp³-hybridized carbons (Fsp3) is 0.227. The van der Waals surface area contributed by atoms with Gasteiger partial charge in [-0.1, -0.05) is 24.1 Å². The Morgan fingerprint density at radius 1 is 1.13 bits per heavy atom. The number of carbonyl (C=O) groups excluding carboxylic acids is 1. The van der Waals surface area contributed by atoms with E-state index in [2.05, 4.69) is 15.4 Å². The zero-order chi connectivity index (χ0) is 21.1. The van der Waals surface area contributed by atoms with Crippen LogP contribution in [0.2, 0.25) is 5.02 Å². The third-order valence-electron chi connectivity index (χ3n) is 4.96. The molecule has 4 rings (SSSR count). The van der Waals surface area contributed by atoms with E-state index in [0.29, 0.717) is 27.6 Å². The molecule has 0 aliphatic heterocycles. The average molecular weight is 428 g/mol. The van der Waals surface area contributed by atoms with E-state index in [1.807, 2.05) is 13.0 Å². The molecule has 1 N–H and O–H groups in total. The predicted octanol–water partition coefficient (Wildman–Crippen LogP) is 5.25. The summed E-state index contributed by atoms with van der Waals surface area (Å²) in [6, 6.07) is 9.66. The smallest absolute Gasteiger partial charge is 0.321 e. The molecule has 1 heterocycles. The summed E-state index contributed by atoms with van der Waals surface area (Å²) in [6.07, 6.45) is 5.67. The third kappa shape index (κ3) is 4.52. The molecule has 0 saturated heterocycles. The molecule has 6 nitrogen and oxygen atoms in total. The maximum absolute atomic E-state index is 13.9. The number of halogens is 2. The zero-order valence-electron chi connectivity index (χ0n) is 16.2. The number of nitrogens with one attached hydrogen (secondary N) is 1. The molecule has 154 valence electrons. The summed E-state index contributed by atoms with van der Waals surface area (Å²) in [5, 5.41) is 0.414. The largest absolute Gasteiger partial charge is 0.424 e. The standard InChI is InChI=1S/C22H19ClFN3O3/c1-13-9-15(5-7-19(13)29-22-25-11-16(23)12-26-22)18-10-17(24)6-8-20(18)30-27-21(28)14-3-2-4-14/h5-12,14H,2-4H2,1H3,(H,27,28). The Morgan fingerprint density at radius 3 is 2.53 bits per heavy atom. The van der Waals surface area contributed by atoms with Crippen LogP contribution < -0.4 is 15.1 Å². The van der Waals surface area contributed by atoms with Gasteiger partial charge >= 0.3 is 6.01 Å². The van der Waals surface area contributed by atoms with E-state index in [1.165, 1.54) is 30.6 Å². The molecule has 1 aliphatic rings. The summed E-state index contributed by atoms with van der Waals surface area (Å²) in [7, 11) is 0. The summed E-state index contributed by atoms with van der Waals surface area (Å²) >= 11 is 5.79. The molecule has 0 atom stereocenters. The van der Waals surface area contributed by atoms with Gasteiger partial charge in [0.1, 0.15) is 11.6 Å². The van der Waals surface area contributed by atoms with Crippen LogP contribution in [0, 0.1) is 18.7 Å². The lowest BCUT2D eigenvalue weighted by Gasteiger charge is -2.24. The molecule has 3 aromatic rings. The predicted molar refractivity (Wildman–Crippen MR) is 110 cm³/mol. The molecule has 0 radical (unpaired) electrons. The average Bonchev–Trinajstić information content (AvgIpc) is 2.69. The Hall–Kier alpha value is -3.19. The van der Waals surface area contributed by atoms with Crippen molar-refractivity contribution in [3.8, 4) is 28.6 Å². The van der Waals surface area contributed by atoms with Crippen LogP contribution in [-0.2, 0) is 4.79 Å². The molecule has 8 heteroatoms. The minimum Gasteiger partial charge on any atom is -0.424 e. The molecule has 1 aliphatic carbocycles. The van der Waals surface area contributed by atoms with Crippen molar-refractivity contribution in [2.45, 2.75) is 26.2 Å². The normalized spacial score (nSPS) is 13.4. The van der Waals surface area contributed by atoms with E-state index in [4.69, 9.17) is 21.2 Å². The molecule has 0 bridgehead atoms. The van der Waals surface area contributed by atoms with Gasteiger partial charge in [-0.15, -0.1) is 0 Å². The molecule has 30 heavy (non-hydrogen) atoms. The fourth-order valence-electron chi connectivity index (χ4n) is 3.06. The van der Waals surface area contributed by atoms with Gasteiger partial charge in [0.05, 0.1) is 17.4 Å². The Kier molecular flexibility index (Phi) is 5.81. The van der Waals surface area contributed by atoms with Crippen molar-refractivity contribution in [3.05, 3.63) is 65.2 Å². The van der Waals surface area contributed by atoms with Crippen LogP contribution in [0.25, 0.3) is 11.1 Å². The zero-order valence-corrected chi connectivity index (χ0v) is 16.9. The highest BCUT2D eigenvalue weighted by Crippen LogP contribution is 2.34. The number of aryl methyl sites for hydroxylation is 1. The van der Waals surface area contributed by atoms with Crippen LogP contribution in [0.1, 0.15) is 24.8 Å². The summed E-state index contributed by atoms with van der Waals surface area (Å²) in [6.45, 7) is 1.85. The second-order valence-corrected chi connectivity index (χ2v) is 7.54. The van der Waals surface area contributed by atoms with Gasteiger partial charge < -0.3 is 9.57 Å². The summed E-state index contributed by atoms with van der Waals surface area (Å²) in [4.78, 5) is 25.6. The number of hydroxylamine groups is 1. The Morgan fingerprint density at radius 2 is 1.87 bits per heavy atom. The van der Waals surface area contributed by atoms with Crippen LogP contribution in [0.5, 0.6) is 17.5 Å². The molecule has 2 aromatic carbocycles. The second kappa shape index (κ2) is 8.67. The van der Waals surface area contributed by atoms with Crippen molar-refractivity contribution >= 4 is 17.5 Å². The molecule has 1 fully saturated rings. The van der Waals surface area contributed by atoms with E-state index in [0.717, 1.165) is 24.8 Å². The Bertz CT molecular complexity index is 1070. The highest BCUT2D eigenvalue weighted by molar-refractivity contribution is 6.30. The van der Waals surface area contributed by atoms with Gasteiger partial charge in [-0.3, -0.25) is 4.79 Å². The minimum absolute atomic E-state index is 0.0114. The molecule has 0 unspecified atom stereocenters. The molecule has 1 saturated carbocycles. The summed E-state index contributed by atoms with van der Waals surface area (Å²) in [5.74, 6) is 0.341. The molecule has 1 aromatic heterocycles. The first-order valence-electron chi connectivity index (χ1n) is 9.52. The van der Waals surface area contributed by atoms with Gasteiger partial charge in [-0.25, -0.2) is 14.4 Å². The van der Waals surface area contributed by atoms with Gasteiger partial charge in [0, 0.05) is 11.5 Å². The van der Waals surface area contributed by atoms with Crippen LogP contribution >= 0.6 is 11.6 Å². The van der Waals surface area contributed by atoms with Crippen molar-refractivity contribution in [2.24, 2.45) is 5.92 Å². The van der Waals surface area contributed by atoms with E-state index < -0.39 is 5.82 Å². The number of ether oxygens (including phenoxy) is 1. The lowest BCUT2D eigenvalue weighted by Crippen LogP contribution is -2.36. The number of hydrogen-bond acceptors (Lipinski definition) is 5. The quantitative estimate of drug-likeness (QED) is 0.544. The SMILES string of the molecule is Cc1cc(-c2cc(F)ccc2ONC(=O)C2CCC2)ccc1Oc1ncc(Cl)cn1. The third-order valence-corrected chi connectivity index (χ3v) is 5.16. The Balaban J connectivity index is 1.55. The molecular weight excluding hydrogens is 409 g/mol.